The van der Waals surface area contributed by atoms with E-state index in [1.807, 2.05) is 44.2 Å². The third-order valence-corrected chi connectivity index (χ3v) is 3.39. The molecule has 120 valence electrons. The highest BCUT2D eigenvalue weighted by molar-refractivity contribution is 5.92. The lowest BCUT2D eigenvalue weighted by molar-refractivity contribution is 0.0683. The Labute approximate surface area is 137 Å². The van der Waals surface area contributed by atoms with Crippen molar-refractivity contribution in [1.29, 1.82) is 0 Å². The first kappa shape index (κ1) is 16.7. The molecule has 5 nitrogen and oxygen atoms in total. The monoisotopic (exact) mass is 310 g/mol. The van der Waals surface area contributed by atoms with E-state index < -0.39 is 0 Å². The van der Waals surface area contributed by atoms with Crippen LogP contribution in [0.4, 0.5) is 5.82 Å². The Morgan fingerprint density at radius 1 is 1.22 bits per heavy atom. The molecule has 0 spiro atoms. The van der Waals surface area contributed by atoms with E-state index in [9.17, 15) is 4.79 Å². The quantitative estimate of drug-likeness (QED) is 0.798. The Morgan fingerprint density at radius 3 is 2.52 bits per heavy atom. The summed E-state index contributed by atoms with van der Waals surface area (Å²) >= 11 is 0. The lowest BCUT2D eigenvalue weighted by atomic mass is 10.1. The zero-order valence-electron chi connectivity index (χ0n) is 13.6. The Morgan fingerprint density at radius 2 is 1.96 bits per heavy atom. The van der Waals surface area contributed by atoms with Crippen LogP contribution < -0.4 is 5.32 Å². The zero-order chi connectivity index (χ0) is 16.7. The van der Waals surface area contributed by atoms with Crippen LogP contribution in [0.15, 0.2) is 55.1 Å². The van der Waals surface area contributed by atoms with E-state index in [0.717, 1.165) is 5.56 Å². The summed E-state index contributed by atoms with van der Waals surface area (Å²) in [4.78, 5) is 14.5. The van der Waals surface area contributed by atoms with Gasteiger partial charge in [-0.05, 0) is 31.5 Å². The number of anilines is 1. The fraction of sp³-hybridized carbons (Fsp3) is 0.278. The first-order chi connectivity index (χ1) is 11.1. The fourth-order valence-electron chi connectivity index (χ4n) is 2.13. The molecule has 0 fully saturated rings. The molecule has 0 saturated heterocycles. The molecular weight excluding hydrogens is 288 g/mol. The van der Waals surface area contributed by atoms with Gasteiger partial charge in [-0.1, -0.05) is 36.4 Å². The highest BCUT2D eigenvalue weighted by Crippen LogP contribution is 2.12. The number of amides is 1. The molecule has 5 heteroatoms. The predicted molar refractivity (Wildman–Crippen MR) is 92.2 cm³/mol. The van der Waals surface area contributed by atoms with Gasteiger partial charge in [0.1, 0.15) is 5.82 Å². The van der Waals surface area contributed by atoms with Crippen LogP contribution in [0.1, 0.15) is 29.9 Å². The number of nitrogens with one attached hydrogen (secondary N) is 1. The van der Waals surface area contributed by atoms with Gasteiger partial charge in [0.25, 0.3) is 5.91 Å². The minimum atomic E-state index is -0.119. The lowest BCUT2D eigenvalue weighted by Crippen LogP contribution is -2.37. The summed E-state index contributed by atoms with van der Waals surface area (Å²) < 4.78 is 0. The summed E-state index contributed by atoms with van der Waals surface area (Å²) in [6.45, 7) is 8.78. The van der Waals surface area contributed by atoms with E-state index in [0.29, 0.717) is 24.6 Å². The predicted octanol–water partition coefficient (Wildman–Crippen LogP) is 3.13. The SMILES string of the molecule is C=CCNc1ccc(C(=O)N(Cc2ccccc2)C(C)C)nn1. The highest BCUT2D eigenvalue weighted by Gasteiger charge is 2.20. The number of hydrogen-bond donors (Lipinski definition) is 1. The van der Waals surface area contributed by atoms with Gasteiger partial charge in [-0.25, -0.2) is 0 Å². The van der Waals surface area contributed by atoms with Gasteiger partial charge in [0.05, 0.1) is 0 Å². The maximum absolute atomic E-state index is 12.7. The summed E-state index contributed by atoms with van der Waals surface area (Å²) in [5.74, 6) is 0.507. The van der Waals surface area contributed by atoms with Crippen molar-refractivity contribution in [2.75, 3.05) is 11.9 Å². The Hall–Kier alpha value is -2.69. The Balaban J connectivity index is 2.12. The second kappa shape index (κ2) is 8.08. The molecule has 2 rings (SSSR count). The maximum atomic E-state index is 12.7. The third kappa shape index (κ3) is 4.64. The minimum absolute atomic E-state index is 0.0723. The summed E-state index contributed by atoms with van der Waals surface area (Å²) in [7, 11) is 0. The van der Waals surface area contributed by atoms with Gasteiger partial charge in [0.15, 0.2) is 5.69 Å². The maximum Gasteiger partial charge on any atom is 0.274 e. The van der Waals surface area contributed by atoms with Crippen molar-refractivity contribution in [2.45, 2.75) is 26.4 Å². The molecule has 1 aromatic heterocycles. The molecule has 0 aliphatic heterocycles. The molecule has 1 N–H and O–H groups in total. The fourth-order valence-corrected chi connectivity index (χ4v) is 2.13. The van der Waals surface area contributed by atoms with E-state index in [1.165, 1.54) is 0 Å². The molecule has 0 unspecified atom stereocenters. The smallest absolute Gasteiger partial charge is 0.274 e. The standard InChI is InChI=1S/C18H22N4O/c1-4-12-19-17-11-10-16(20-21-17)18(23)22(14(2)3)13-15-8-6-5-7-9-15/h4-11,14H,1,12-13H2,2-3H3,(H,19,21). The molecule has 1 aromatic carbocycles. The van der Waals surface area contributed by atoms with Gasteiger partial charge < -0.3 is 10.2 Å². The summed E-state index contributed by atoms with van der Waals surface area (Å²) in [6.07, 6.45) is 1.74. The number of rotatable bonds is 7. The highest BCUT2D eigenvalue weighted by atomic mass is 16.2. The molecule has 23 heavy (non-hydrogen) atoms. The molecule has 0 bridgehead atoms. The van der Waals surface area contributed by atoms with Crippen LogP contribution in [-0.4, -0.2) is 33.6 Å². The average Bonchev–Trinajstić information content (AvgIpc) is 2.58. The van der Waals surface area contributed by atoms with Crippen molar-refractivity contribution >= 4 is 11.7 Å². The first-order valence-corrected chi connectivity index (χ1v) is 7.65. The topological polar surface area (TPSA) is 58.1 Å². The van der Waals surface area contributed by atoms with Crippen LogP contribution in [0.25, 0.3) is 0 Å². The Kier molecular flexibility index (Phi) is 5.86. The number of carbonyl (C=O) groups is 1. The van der Waals surface area contributed by atoms with Crippen LogP contribution in [-0.2, 0) is 6.54 Å². The average molecular weight is 310 g/mol. The molecule has 0 aliphatic rings. The van der Waals surface area contributed by atoms with Gasteiger partial charge in [0, 0.05) is 19.1 Å². The van der Waals surface area contributed by atoms with Crippen molar-refractivity contribution in [3.05, 3.63) is 66.4 Å². The Bertz CT molecular complexity index is 638. The zero-order valence-corrected chi connectivity index (χ0v) is 13.6. The number of nitrogens with zero attached hydrogens (tertiary/aromatic N) is 3. The van der Waals surface area contributed by atoms with E-state index >= 15 is 0 Å². The lowest BCUT2D eigenvalue weighted by Gasteiger charge is -2.26. The largest absolute Gasteiger partial charge is 0.365 e. The molecule has 2 aromatic rings. The second-order valence-electron chi connectivity index (χ2n) is 5.49. The van der Waals surface area contributed by atoms with Crippen LogP contribution in [0.5, 0.6) is 0 Å². The molecule has 0 atom stereocenters. The van der Waals surface area contributed by atoms with Crippen LogP contribution in [0.2, 0.25) is 0 Å². The molecule has 1 amide bonds. The first-order valence-electron chi connectivity index (χ1n) is 7.65. The molecular formula is C18H22N4O. The van der Waals surface area contributed by atoms with Crippen molar-refractivity contribution in [2.24, 2.45) is 0 Å². The van der Waals surface area contributed by atoms with Crippen LogP contribution in [0.3, 0.4) is 0 Å². The van der Waals surface area contributed by atoms with Crippen LogP contribution >= 0.6 is 0 Å². The molecule has 0 aliphatic carbocycles. The van der Waals surface area contributed by atoms with Gasteiger partial charge in [-0.15, -0.1) is 16.8 Å². The van der Waals surface area contributed by atoms with Crippen molar-refractivity contribution in [1.82, 2.24) is 15.1 Å². The van der Waals surface area contributed by atoms with Gasteiger partial charge in [-0.3, -0.25) is 4.79 Å². The summed E-state index contributed by atoms with van der Waals surface area (Å²) in [6, 6.07) is 13.4. The van der Waals surface area contributed by atoms with Crippen molar-refractivity contribution in [3.8, 4) is 0 Å². The van der Waals surface area contributed by atoms with E-state index in [4.69, 9.17) is 0 Å². The van der Waals surface area contributed by atoms with Gasteiger partial charge >= 0.3 is 0 Å². The normalized spacial score (nSPS) is 10.4. The van der Waals surface area contributed by atoms with E-state index in [-0.39, 0.29) is 11.9 Å². The van der Waals surface area contributed by atoms with Crippen LogP contribution in [0, 0.1) is 0 Å². The number of benzene rings is 1. The van der Waals surface area contributed by atoms with E-state index in [1.54, 1.807) is 23.1 Å². The van der Waals surface area contributed by atoms with E-state index in [2.05, 4.69) is 22.1 Å². The molecule has 0 radical (unpaired) electrons. The van der Waals surface area contributed by atoms with Gasteiger partial charge in [0.2, 0.25) is 0 Å². The second-order valence-corrected chi connectivity index (χ2v) is 5.49. The number of hydrogen-bond acceptors (Lipinski definition) is 4. The minimum Gasteiger partial charge on any atom is -0.365 e. The van der Waals surface area contributed by atoms with Crippen molar-refractivity contribution < 1.29 is 4.79 Å². The van der Waals surface area contributed by atoms with Gasteiger partial charge in [-0.2, -0.15) is 0 Å². The van der Waals surface area contributed by atoms with Crippen molar-refractivity contribution in [3.63, 3.8) is 0 Å². The summed E-state index contributed by atoms with van der Waals surface area (Å²) in [5, 5.41) is 11.1. The molecule has 1 heterocycles. The number of carbonyl (C=O) groups excluding carboxylic acids is 1. The number of aromatic nitrogens is 2. The summed E-state index contributed by atoms with van der Waals surface area (Å²) in [5.41, 5.74) is 1.44. The third-order valence-electron chi connectivity index (χ3n) is 3.39. The molecule has 0 saturated carbocycles.